The Bertz CT molecular complexity index is 1500. The van der Waals surface area contributed by atoms with E-state index in [1.54, 1.807) is 0 Å². The standard InChI is InChI=1S/C32H24N2S4/c1-3-7-23(8-4-1)21-35-31-13-11-29(37-31)25-15-17-33-27(19-25)28-20-26(16-18-34-28)30-12-14-32(38-30)36-22-24-9-5-2-6-10-24/h1-20H,21-22H2. The first-order chi connectivity index (χ1) is 18.8. The lowest BCUT2D eigenvalue weighted by molar-refractivity contribution is 1.25. The molecule has 0 aliphatic heterocycles. The van der Waals surface area contributed by atoms with E-state index in [0.29, 0.717) is 0 Å². The Labute approximate surface area is 239 Å². The average molecular weight is 565 g/mol. The van der Waals surface area contributed by atoms with Gasteiger partial charge < -0.3 is 0 Å². The summed E-state index contributed by atoms with van der Waals surface area (Å²) in [6, 6.07) is 38.6. The minimum atomic E-state index is 0.895. The fraction of sp³-hybridized carbons (Fsp3) is 0.0625. The van der Waals surface area contributed by atoms with Gasteiger partial charge in [-0.25, -0.2) is 0 Å². The molecule has 6 rings (SSSR count). The lowest BCUT2D eigenvalue weighted by Gasteiger charge is -2.05. The first-order valence-electron chi connectivity index (χ1n) is 12.3. The molecule has 6 aromatic rings. The molecule has 0 bridgehead atoms. The molecule has 0 radical (unpaired) electrons. The number of hydrogen-bond acceptors (Lipinski definition) is 6. The molecule has 4 heterocycles. The van der Waals surface area contributed by atoms with Gasteiger partial charge in [0.25, 0.3) is 0 Å². The number of nitrogens with zero attached hydrogens (tertiary/aromatic N) is 2. The Hall–Kier alpha value is -3.16. The van der Waals surface area contributed by atoms with Crippen LogP contribution < -0.4 is 0 Å². The van der Waals surface area contributed by atoms with Crippen molar-refractivity contribution in [2.45, 2.75) is 19.9 Å². The minimum absolute atomic E-state index is 0.895. The van der Waals surface area contributed by atoms with Crippen LogP contribution in [0.25, 0.3) is 32.3 Å². The normalized spacial score (nSPS) is 11.1. The molecule has 0 amide bonds. The molecule has 0 fully saturated rings. The third kappa shape index (κ3) is 6.27. The van der Waals surface area contributed by atoms with Crippen LogP contribution in [0.2, 0.25) is 0 Å². The molecule has 38 heavy (non-hydrogen) atoms. The van der Waals surface area contributed by atoms with Gasteiger partial charge in [0.1, 0.15) is 0 Å². The van der Waals surface area contributed by atoms with Crippen molar-refractivity contribution in [2.75, 3.05) is 0 Å². The highest BCUT2D eigenvalue weighted by Gasteiger charge is 2.10. The maximum Gasteiger partial charge on any atom is 0.0892 e. The summed E-state index contributed by atoms with van der Waals surface area (Å²) in [7, 11) is 0. The number of thiophene rings is 2. The number of thioether (sulfide) groups is 2. The maximum atomic E-state index is 4.66. The number of hydrogen-bond donors (Lipinski definition) is 0. The summed E-state index contributed by atoms with van der Waals surface area (Å²) in [6.07, 6.45) is 3.78. The molecule has 0 unspecified atom stereocenters. The fourth-order valence-electron chi connectivity index (χ4n) is 4.01. The number of pyridine rings is 2. The maximum absolute atomic E-state index is 4.66. The third-order valence-corrected chi connectivity index (χ3v) is 10.8. The first-order valence-corrected chi connectivity index (χ1v) is 15.9. The number of benzene rings is 2. The van der Waals surface area contributed by atoms with E-state index in [-0.39, 0.29) is 0 Å². The van der Waals surface area contributed by atoms with Gasteiger partial charge in [0, 0.05) is 33.7 Å². The molecule has 6 heteroatoms. The molecule has 2 aromatic carbocycles. The molecule has 0 aliphatic carbocycles. The average Bonchev–Trinajstić information content (AvgIpc) is 3.67. The lowest BCUT2D eigenvalue weighted by Crippen LogP contribution is -1.88. The van der Waals surface area contributed by atoms with Crippen LogP contribution in [0.1, 0.15) is 11.1 Å². The summed E-state index contributed by atoms with van der Waals surface area (Å²) in [5.41, 5.74) is 6.83. The molecule has 4 aromatic heterocycles. The van der Waals surface area contributed by atoms with Crippen LogP contribution in [-0.4, -0.2) is 9.97 Å². The Balaban J connectivity index is 1.16. The van der Waals surface area contributed by atoms with E-state index in [1.807, 2.05) is 58.6 Å². The van der Waals surface area contributed by atoms with Crippen molar-refractivity contribution in [3.63, 3.8) is 0 Å². The number of rotatable bonds is 9. The van der Waals surface area contributed by atoms with Crippen molar-refractivity contribution in [1.29, 1.82) is 0 Å². The van der Waals surface area contributed by atoms with Crippen LogP contribution in [0, 0.1) is 0 Å². The van der Waals surface area contributed by atoms with Gasteiger partial charge in [-0.3, -0.25) is 9.97 Å². The summed E-state index contributed by atoms with van der Waals surface area (Å²) in [5.74, 6) is 1.96. The summed E-state index contributed by atoms with van der Waals surface area (Å²) in [4.78, 5) is 11.8. The zero-order chi connectivity index (χ0) is 25.6. The largest absolute Gasteiger partial charge is 0.255 e. The van der Waals surface area contributed by atoms with Crippen LogP contribution in [0.15, 0.2) is 130 Å². The van der Waals surface area contributed by atoms with Crippen molar-refractivity contribution in [3.8, 4) is 32.3 Å². The monoisotopic (exact) mass is 564 g/mol. The second kappa shape index (κ2) is 12.1. The smallest absolute Gasteiger partial charge is 0.0892 e. The van der Waals surface area contributed by atoms with Gasteiger partial charge in [-0.15, -0.1) is 46.2 Å². The minimum Gasteiger partial charge on any atom is -0.255 e. The second-order valence-corrected chi connectivity index (χ2v) is 13.4. The van der Waals surface area contributed by atoms with Gasteiger partial charge >= 0.3 is 0 Å². The molecule has 0 saturated carbocycles. The highest BCUT2D eigenvalue weighted by Crippen LogP contribution is 2.38. The predicted molar refractivity (Wildman–Crippen MR) is 166 cm³/mol. The van der Waals surface area contributed by atoms with Crippen molar-refractivity contribution in [3.05, 3.63) is 133 Å². The first kappa shape index (κ1) is 25.1. The van der Waals surface area contributed by atoms with E-state index in [9.17, 15) is 0 Å². The van der Waals surface area contributed by atoms with Gasteiger partial charge in [-0.2, -0.15) is 0 Å². The van der Waals surface area contributed by atoms with Crippen molar-refractivity contribution >= 4 is 46.2 Å². The summed E-state index contributed by atoms with van der Waals surface area (Å²) < 4.78 is 2.64. The molecule has 0 saturated heterocycles. The molecule has 0 spiro atoms. The van der Waals surface area contributed by atoms with Gasteiger partial charge in [-0.1, -0.05) is 60.7 Å². The van der Waals surface area contributed by atoms with E-state index >= 15 is 0 Å². The molecule has 0 atom stereocenters. The van der Waals surface area contributed by atoms with E-state index < -0.39 is 0 Å². The van der Waals surface area contributed by atoms with Crippen molar-refractivity contribution in [2.24, 2.45) is 0 Å². The Morgan fingerprint density at radius 3 is 1.39 bits per heavy atom. The Morgan fingerprint density at radius 1 is 0.500 bits per heavy atom. The molecule has 0 aliphatic rings. The predicted octanol–water partition coefficient (Wildman–Crippen LogP) is 10.2. The Morgan fingerprint density at radius 2 is 0.947 bits per heavy atom. The quantitative estimate of drug-likeness (QED) is 0.163. The highest BCUT2D eigenvalue weighted by molar-refractivity contribution is 8.00. The van der Waals surface area contributed by atoms with Crippen LogP contribution in [-0.2, 0) is 11.5 Å². The fourth-order valence-corrected chi connectivity index (χ4v) is 8.17. The zero-order valence-corrected chi connectivity index (χ0v) is 23.8. The summed E-state index contributed by atoms with van der Waals surface area (Å²) in [5, 5.41) is 0. The van der Waals surface area contributed by atoms with Gasteiger partial charge in [0.05, 0.1) is 19.8 Å². The summed E-state index contributed by atoms with van der Waals surface area (Å²) >= 11 is 7.42. The van der Waals surface area contributed by atoms with E-state index in [4.69, 9.17) is 0 Å². The van der Waals surface area contributed by atoms with E-state index in [0.717, 1.165) is 22.9 Å². The Kier molecular flexibility index (Phi) is 8.03. The molecule has 186 valence electrons. The van der Waals surface area contributed by atoms with Gasteiger partial charge in [-0.05, 0) is 70.8 Å². The van der Waals surface area contributed by atoms with Gasteiger partial charge in [0.15, 0.2) is 0 Å². The van der Waals surface area contributed by atoms with Crippen LogP contribution >= 0.6 is 46.2 Å². The SMILES string of the molecule is c1ccc(CSc2ccc(-c3ccnc(-c4cc(-c5ccc(SCc6ccccc6)s5)ccn4)c3)s2)cc1. The topological polar surface area (TPSA) is 25.8 Å². The van der Waals surface area contributed by atoms with Crippen LogP contribution in [0.3, 0.4) is 0 Å². The molecular weight excluding hydrogens is 541 g/mol. The van der Waals surface area contributed by atoms with Crippen molar-refractivity contribution in [1.82, 2.24) is 9.97 Å². The molecule has 2 nitrogen and oxygen atoms in total. The number of aromatic nitrogens is 2. The second-order valence-electron chi connectivity index (χ2n) is 8.65. The third-order valence-electron chi connectivity index (χ3n) is 5.96. The molecule has 0 N–H and O–H groups in total. The lowest BCUT2D eigenvalue weighted by atomic mass is 10.1. The van der Waals surface area contributed by atoms with E-state index in [2.05, 4.69) is 119 Å². The van der Waals surface area contributed by atoms with Crippen molar-refractivity contribution < 1.29 is 0 Å². The highest BCUT2D eigenvalue weighted by atomic mass is 32.2. The van der Waals surface area contributed by atoms with Crippen LogP contribution in [0.5, 0.6) is 0 Å². The zero-order valence-electron chi connectivity index (χ0n) is 20.5. The molecular formula is C32H24N2S4. The van der Waals surface area contributed by atoms with Gasteiger partial charge in [0.2, 0.25) is 0 Å². The van der Waals surface area contributed by atoms with E-state index in [1.165, 1.54) is 40.4 Å². The summed E-state index contributed by atoms with van der Waals surface area (Å²) in [6.45, 7) is 0. The van der Waals surface area contributed by atoms with Crippen LogP contribution in [0.4, 0.5) is 0 Å².